The molecule has 10 heteroatoms. The SMILES string of the molecule is O=C(Nc1nc2c(ccc3ccccc32)s1)C1CCN(S(=O)(=O)c2cc(F)ccc2F)CC1. The summed E-state index contributed by atoms with van der Waals surface area (Å²) in [6, 6.07) is 14.2. The van der Waals surface area contributed by atoms with E-state index in [1.165, 1.54) is 11.3 Å². The highest BCUT2D eigenvalue weighted by Gasteiger charge is 2.34. The van der Waals surface area contributed by atoms with Gasteiger partial charge in [-0.3, -0.25) is 4.79 Å². The number of piperidine rings is 1. The molecule has 6 nitrogen and oxygen atoms in total. The predicted molar refractivity (Wildman–Crippen MR) is 124 cm³/mol. The van der Waals surface area contributed by atoms with Crippen LogP contribution in [0.25, 0.3) is 21.0 Å². The molecule has 1 amide bonds. The second-order valence-corrected chi connectivity index (χ2v) is 10.8. The zero-order valence-corrected chi connectivity index (χ0v) is 18.9. The van der Waals surface area contributed by atoms with Crippen LogP contribution >= 0.6 is 11.3 Å². The Morgan fingerprint density at radius 3 is 2.61 bits per heavy atom. The maximum atomic E-state index is 14.0. The maximum Gasteiger partial charge on any atom is 0.246 e. The molecule has 5 rings (SSSR count). The van der Waals surface area contributed by atoms with Gasteiger partial charge >= 0.3 is 0 Å². The summed E-state index contributed by atoms with van der Waals surface area (Å²) >= 11 is 1.38. The molecule has 33 heavy (non-hydrogen) atoms. The van der Waals surface area contributed by atoms with Crippen LogP contribution in [0.2, 0.25) is 0 Å². The Kier molecular flexibility index (Phi) is 5.59. The molecule has 1 fully saturated rings. The van der Waals surface area contributed by atoms with Crippen molar-refractivity contribution < 1.29 is 22.0 Å². The van der Waals surface area contributed by atoms with Crippen molar-refractivity contribution in [3.05, 3.63) is 66.2 Å². The van der Waals surface area contributed by atoms with Crippen molar-refractivity contribution in [3.8, 4) is 0 Å². The minimum Gasteiger partial charge on any atom is -0.302 e. The van der Waals surface area contributed by atoms with E-state index in [4.69, 9.17) is 0 Å². The Hall–Kier alpha value is -2.95. The van der Waals surface area contributed by atoms with E-state index < -0.39 is 32.5 Å². The highest BCUT2D eigenvalue weighted by atomic mass is 32.2. The van der Waals surface area contributed by atoms with Gasteiger partial charge in [0.15, 0.2) is 5.13 Å². The molecule has 0 bridgehead atoms. The molecular formula is C23H19F2N3O3S2. The third-order valence-electron chi connectivity index (χ3n) is 5.85. The first-order valence-electron chi connectivity index (χ1n) is 10.4. The van der Waals surface area contributed by atoms with Gasteiger partial charge in [-0.25, -0.2) is 22.2 Å². The van der Waals surface area contributed by atoms with E-state index in [-0.39, 0.29) is 31.8 Å². The number of aromatic nitrogens is 1. The number of halogens is 2. The lowest BCUT2D eigenvalue weighted by Gasteiger charge is -2.30. The van der Waals surface area contributed by atoms with Crippen LogP contribution in [-0.2, 0) is 14.8 Å². The van der Waals surface area contributed by atoms with Crippen LogP contribution in [0.3, 0.4) is 0 Å². The van der Waals surface area contributed by atoms with Crippen molar-refractivity contribution >= 4 is 53.4 Å². The second-order valence-electron chi connectivity index (χ2n) is 7.89. The number of hydrogen-bond donors (Lipinski definition) is 1. The lowest BCUT2D eigenvalue weighted by atomic mass is 9.97. The molecule has 3 aromatic carbocycles. The molecule has 1 aliphatic heterocycles. The van der Waals surface area contributed by atoms with Crippen LogP contribution in [0, 0.1) is 17.6 Å². The lowest BCUT2D eigenvalue weighted by Crippen LogP contribution is -2.41. The quantitative estimate of drug-likeness (QED) is 0.450. The van der Waals surface area contributed by atoms with Gasteiger partial charge in [0.1, 0.15) is 16.5 Å². The number of carbonyl (C=O) groups excluding carboxylic acids is 1. The molecule has 4 aromatic rings. The number of sulfonamides is 1. The van der Waals surface area contributed by atoms with Gasteiger partial charge in [-0.2, -0.15) is 4.31 Å². The minimum absolute atomic E-state index is 0.0425. The first kappa shape index (κ1) is 21.9. The number of carbonyl (C=O) groups is 1. The van der Waals surface area contributed by atoms with Crippen LogP contribution < -0.4 is 5.32 Å². The molecule has 0 radical (unpaired) electrons. The lowest BCUT2D eigenvalue weighted by molar-refractivity contribution is -0.120. The average molecular weight is 488 g/mol. The molecule has 1 N–H and O–H groups in total. The van der Waals surface area contributed by atoms with E-state index >= 15 is 0 Å². The normalized spacial score (nSPS) is 15.8. The third kappa shape index (κ3) is 4.09. The summed E-state index contributed by atoms with van der Waals surface area (Å²) in [7, 11) is -4.19. The van der Waals surface area contributed by atoms with Gasteiger partial charge in [0.25, 0.3) is 0 Å². The zero-order chi connectivity index (χ0) is 23.2. The maximum absolute atomic E-state index is 14.0. The molecule has 1 aromatic heterocycles. The largest absolute Gasteiger partial charge is 0.302 e. The van der Waals surface area contributed by atoms with Crippen LogP contribution in [0.4, 0.5) is 13.9 Å². The summed E-state index contributed by atoms with van der Waals surface area (Å²) in [6.07, 6.45) is 0.547. The molecular weight excluding hydrogens is 468 g/mol. The smallest absolute Gasteiger partial charge is 0.246 e. The summed E-state index contributed by atoms with van der Waals surface area (Å²) in [6.45, 7) is 0.0850. The molecule has 0 atom stereocenters. The van der Waals surface area contributed by atoms with Crippen LogP contribution in [0.15, 0.2) is 59.5 Å². The predicted octanol–water partition coefficient (Wildman–Crippen LogP) is 4.77. The van der Waals surface area contributed by atoms with Crippen molar-refractivity contribution in [2.75, 3.05) is 18.4 Å². The molecule has 0 unspecified atom stereocenters. The number of fused-ring (bicyclic) bond motifs is 3. The number of hydrogen-bond acceptors (Lipinski definition) is 5. The topological polar surface area (TPSA) is 79.4 Å². The standard InChI is InChI=1S/C23H19F2N3O3S2/c24-16-6-7-18(25)20(13-16)33(30,31)28-11-9-15(10-12-28)22(29)27-23-26-21-17-4-2-1-3-14(17)5-8-19(21)32-23/h1-8,13,15H,9-12H2,(H,26,27,29). The molecule has 2 heterocycles. The first-order valence-corrected chi connectivity index (χ1v) is 12.6. The summed E-state index contributed by atoms with van der Waals surface area (Å²) in [5.74, 6) is -2.46. The van der Waals surface area contributed by atoms with Crippen molar-refractivity contribution in [2.45, 2.75) is 17.7 Å². The van der Waals surface area contributed by atoms with Crippen LogP contribution in [-0.4, -0.2) is 36.7 Å². The molecule has 0 saturated carbocycles. The van der Waals surface area contributed by atoms with Gasteiger partial charge in [-0.05, 0) is 42.5 Å². The number of benzene rings is 3. The van der Waals surface area contributed by atoms with E-state index in [1.807, 2.05) is 36.4 Å². The second kappa shape index (κ2) is 8.44. The van der Waals surface area contributed by atoms with E-state index in [0.717, 1.165) is 37.4 Å². The first-order chi connectivity index (χ1) is 15.8. The Morgan fingerprint density at radius 1 is 1.06 bits per heavy atom. The fraction of sp³-hybridized carbons (Fsp3) is 0.217. The monoisotopic (exact) mass is 487 g/mol. The van der Waals surface area contributed by atoms with Gasteiger partial charge in [0, 0.05) is 24.4 Å². The highest BCUT2D eigenvalue weighted by Crippen LogP contribution is 2.33. The number of nitrogens with one attached hydrogen (secondary N) is 1. The van der Waals surface area contributed by atoms with Gasteiger partial charge < -0.3 is 5.32 Å². The van der Waals surface area contributed by atoms with Gasteiger partial charge in [0.05, 0.1) is 10.2 Å². The number of amides is 1. The fourth-order valence-electron chi connectivity index (χ4n) is 4.09. The minimum atomic E-state index is -4.19. The molecule has 1 aliphatic rings. The fourth-order valence-corrected chi connectivity index (χ4v) is 6.53. The molecule has 0 spiro atoms. The van der Waals surface area contributed by atoms with Crippen molar-refractivity contribution in [1.82, 2.24) is 9.29 Å². The van der Waals surface area contributed by atoms with E-state index in [0.29, 0.717) is 11.2 Å². The third-order valence-corrected chi connectivity index (χ3v) is 8.70. The van der Waals surface area contributed by atoms with Crippen molar-refractivity contribution in [2.24, 2.45) is 5.92 Å². The van der Waals surface area contributed by atoms with E-state index in [1.54, 1.807) is 0 Å². The summed E-state index contributed by atoms with van der Waals surface area (Å²) in [4.78, 5) is 16.7. The summed E-state index contributed by atoms with van der Waals surface area (Å²) < 4.78 is 55.0. The van der Waals surface area contributed by atoms with Crippen LogP contribution in [0.5, 0.6) is 0 Å². The molecule has 0 aliphatic carbocycles. The Balaban J connectivity index is 1.28. The number of nitrogens with zero attached hydrogens (tertiary/aromatic N) is 2. The Labute approximate surface area is 192 Å². The van der Waals surface area contributed by atoms with Gasteiger partial charge in [-0.1, -0.05) is 41.7 Å². The van der Waals surface area contributed by atoms with Crippen molar-refractivity contribution in [1.29, 1.82) is 0 Å². The van der Waals surface area contributed by atoms with E-state index in [9.17, 15) is 22.0 Å². The number of rotatable bonds is 4. The summed E-state index contributed by atoms with van der Waals surface area (Å²) in [5.41, 5.74) is 0.825. The van der Waals surface area contributed by atoms with Gasteiger partial charge in [-0.15, -0.1) is 0 Å². The van der Waals surface area contributed by atoms with E-state index in [2.05, 4.69) is 10.3 Å². The molecule has 170 valence electrons. The molecule has 1 saturated heterocycles. The number of anilines is 1. The Morgan fingerprint density at radius 2 is 1.82 bits per heavy atom. The Bertz CT molecular complexity index is 1480. The zero-order valence-electron chi connectivity index (χ0n) is 17.3. The average Bonchev–Trinajstić information content (AvgIpc) is 3.23. The highest BCUT2D eigenvalue weighted by molar-refractivity contribution is 7.89. The summed E-state index contributed by atoms with van der Waals surface area (Å²) in [5, 5.41) is 5.42. The van der Waals surface area contributed by atoms with Crippen LogP contribution in [0.1, 0.15) is 12.8 Å². The number of thiazole rings is 1. The van der Waals surface area contributed by atoms with Crippen molar-refractivity contribution in [3.63, 3.8) is 0 Å². The van der Waals surface area contributed by atoms with Gasteiger partial charge in [0.2, 0.25) is 15.9 Å².